The monoisotopic (exact) mass is 278 g/mol. The van der Waals surface area contributed by atoms with Gasteiger partial charge >= 0.3 is 0 Å². The van der Waals surface area contributed by atoms with Gasteiger partial charge < -0.3 is 0 Å². The Kier molecular flexibility index (Phi) is 4.55. The van der Waals surface area contributed by atoms with Gasteiger partial charge in [0.2, 0.25) is 0 Å². The van der Waals surface area contributed by atoms with E-state index in [1.807, 2.05) is 0 Å². The number of hydrogen-bond acceptors (Lipinski definition) is 1. The predicted molar refractivity (Wildman–Crippen MR) is 58.8 cm³/mol. The molecule has 1 rings (SSSR count). The molecule has 4 heteroatoms. The lowest BCUT2D eigenvalue weighted by atomic mass is 10.0. The first-order valence-corrected chi connectivity index (χ1v) is 5.59. The van der Waals surface area contributed by atoms with Crippen LogP contribution in [-0.4, -0.2) is 11.1 Å². The Bertz CT molecular complexity index is 341. The van der Waals surface area contributed by atoms with E-state index in [9.17, 15) is 9.18 Å². The van der Waals surface area contributed by atoms with Crippen LogP contribution >= 0.6 is 27.5 Å². The highest BCUT2D eigenvalue weighted by molar-refractivity contribution is 9.09. The second-order valence-electron chi connectivity index (χ2n) is 2.86. The fraction of sp³-hybridized carbons (Fsp3) is 0.300. The van der Waals surface area contributed by atoms with E-state index in [2.05, 4.69) is 15.9 Å². The van der Waals surface area contributed by atoms with Crippen molar-refractivity contribution in [3.8, 4) is 0 Å². The molecule has 0 heterocycles. The maximum Gasteiger partial charge on any atom is 0.147 e. The Morgan fingerprint density at radius 3 is 2.79 bits per heavy atom. The lowest BCUT2D eigenvalue weighted by molar-refractivity contribution is -0.115. The number of carbonyl (C=O) groups excluding carboxylic acids is 1. The molecule has 0 atom stereocenters. The first kappa shape index (κ1) is 11.7. The van der Waals surface area contributed by atoms with Crippen LogP contribution in [0.25, 0.3) is 0 Å². The summed E-state index contributed by atoms with van der Waals surface area (Å²) in [5.41, 5.74) is 1.09. The molecule has 0 saturated carbocycles. The van der Waals surface area contributed by atoms with E-state index in [0.29, 0.717) is 16.1 Å². The summed E-state index contributed by atoms with van der Waals surface area (Å²) in [7, 11) is 0. The molecule has 1 nitrogen and oxygen atoms in total. The van der Waals surface area contributed by atoms with Gasteiger partial charge in [0.05, 0.1) is 5.33 Å². The van der Waals surface area contributed by atoms with Crippen LogP contribution in [0.4, 0.5) is 4.39 Å². The van der Waals surface area contributed by atoms with Crippen molar-refractivity contribution in [1.82, 2.24) is 0 Å². The standard InChI is InChI=1S/C10H9BrClFO/c11-5-8(14)4-9-7(6-13)2-1-3-10(9)12/h1-3H,4-6H2. The lowest BCUT2D eigenvalue weighted by Crippen LogP contribution is -2.06. The first-order valence-electron chi connectivity index (χ1n) is 4.09. The Morgan fingerprint density at radius 1 is 1.50 bits per heavy atom. The third kappa shape index (κ3) is 2.79. The molecular formula is C10H9BrClFO. The largest absolute Gasteiger partial charge is 0.298 e. The quantitative estimate of drug-likeness (QED) is 0.773. The topological polar surface area (TPSA) is 17.1 Å². The molecule has 0 bridgehead atoms. The minimum absolute atomic E-state index is 0.00667. The zero-order chi connectivity index (χ0) is 10.6. The van der Waals surface area contributed by atoms with Crippen molar-refractivity contribution in [2.75, 3.05) is 5.33 Å². The van der Waals surface area contributed by atoms with E-state index in [-0.39, 0.29) is 17.5 Å². The third-order valence-electron chi connectivity index (χ3n) is 1.88. The average molecular weight is 280 g/mol. The van der Waals surface area contributed by atoms with Crippen molar-refractivity contribution < 1.29 is 9.18 Å². The Labute approximate surface area is 95.4 Å². The molecule has 0 aliphatic heterocycles. The summed E-state index contributed by atoms with van der Waals surface area (Å²) in [5.74, 6) is -0.00667. The van der Waals surface area contributed by atoms with Crippen LogP contribution in [0, 0.1) is 0 Å². The number of carbonyl (C=O) groups is 1. The summed E-state index contributed by atoms with van der Waals surface area (Å²) in [4.78, 5) is 11.2. The number of alkyl halides is 2. The molecule has 1 aromatic rings. The van der Waals surface area contributed by atoms with Crippen LogP contribution in [0.15, 0.2) is 18.2 Å². The van der Waals surface area contributed by atoms with Gasteiger partial charge in [-0.15, -0.1) is 0 Å². The smallest absolute Gasteiger partial charge is 0.147 e. The van der Waals surface area contributed by atoms with Gasteiger partial charge in [-0.3, -0.25) is 4.79 Å². The number of rotatable bonds is 4. The highest BCUT2D eigenvalue weighted by Crippen LogP contribution is 2.21. The van der Waals surface area contributed by atoms with Gasteiger partial charge in [0.25, 0.3) is 0 Å². The molecule has 1 aromatic carbocycles. The summed E-state index contributed by atoms with van der Waals surface area (Å²) in [6.45, 7) is -0.592. The average Bonchev–Trinajstić information content (AvgIpc) is 2.20. The molecule has 0 spiro atoms. The maximum absolute atomic E-state index is 12.5. The lowest BCUT2D eigenvalue weighted by Gasteiger charge is -2.06. The van der Waals surface area contributed by atoms with Crippen LogP contribution in [-0.2, 0) is 17.9 Å². The second kappa shape index (κ2) is 5.47. The Morgan fingerprint density at radius 2 is 2.21 bits per heavy atom. The molecule has 76 valence electrons. The molecule has 0 aliphatic carbocycles. The fourth-order valence-corrected chi connectivity index (χ4v) is 1.63. The van der Waals surface area contributed by atoms with Gasteiger partial charge in [0, 0.05) is 11.4 Å². The minimum Gasteiger partial charge on any atom is -0.298 e. The summed E-state index contributed by atoms with van der Waals surface area (Å²) in [6, 6.07) is 4.99. The van der Waals surface area contributed by atoms with E-state index in [0.717, 1.165) is 0 Å². The highest BCUT2D eigenvalue weighted by atomic mass is 79.9. The summed E-state index contributed by atoms with van der Waals surface area (Å²) >= 11 is 8.93. The summed E-state index contributed by atoms with van der Waals surface area (Å²) in [5, 5.41) is 0.721. The van der Waals surface area contributed by atoms with Crippen LogP contribution in [0.5, 0.6) is 0 Å². The van der Waals surface area contributed by atoms with Crippen molar-refractivity contribution in [2.24, 2.45) is 0 Å². The normalized spacial score (nSPS) is 10.2. The van der Waals surface area contributed by atoms with Gasteiger partial charge in [-0.1, -0.05) is 39.7 Å². The van der Waals surface area contributed by atoms with Crippen LogP contribution in [0.3, 0.4) is 0 Å². The SMILES string of the molecule is O=C(CBr)Cc1c(Cl)cccc1CF. The molecule has 14 heavy (non-hydrogen) atoms. The molecule has 0 aromatic heterocycles. The number of halogens is 3. The Balaban J connectivity index is 2.98. The van der Waals surface area contributed by atoms with Crippen molar-refractivity contribution in [1.29, 1.82) is 0 Å². The predicted octanol–water partition coefficient (Wildman–Crippen LogP) is 3.32. The fourth-order valence-electron chi connectivity index (χ4n) is 1.17. The van der Waals surface area contributed by atoms with Gasteiger partial charge in [-0.05, 0) is 17.2 Å². The van der Waals surface area contributed by atoms with Gasteiger partial charge in [-0.2, -0.15) is 0 Å². The zero-order valence-corrected chi connectivity index (χ0v) is 9.74. The second-order valence-corrected chi connectivity index (χ2v) is 3.83. The minimum atomic E-state index is -0.592. The van der Waals surface area contributed by atoms with Gasteiger partial charge in [0.1, 0.15) is 12.5 Å². The maximum atomic E-state index is 12.5. The van der Waals surface area contributed by atoms with E-state index in [4.69, 9.17) is 11.6 Å². The molecule has 0 saturated heterocycles. The molecule has 0 aliphatic rings. The van der Waals surface area contributed by atoms with Crippen molar-refractivity contribution in [2.45, 2.75) is 13.1 Å². The van der Waals surface area contributed by atoms with Crippen LogP contribution < -0.4 is 0 Å². The van der Waals surface area contributed by atoms with E-state index < -0.39 is 6.67 Å². The van der Waals surface area contributed by atoms with Crippen LogP contribution in [0.2, 0.25) is 5.02 Å². The zero-order valence-electron chi connectivity index (χ0n) is 7.40. The van der Waals surface area contributed by atoms with E-state index >= 15 is 0 Å². The molecule has 0 N–H and O–H groups in total. The molecular weight excluding hydrogens is 270 g/mol. The number of Topliss-reactive ketones (excluding diaryl/α,β-unsaturated/α-hetero) is 1. The van der Waals surface area contributed by atoms with Crippen molar-refractivity contribution >= 4 is 33.3 Å². The first-order chi connectivity index (χ1) is 6.69. The molecule has 0 fully saturated rings. The summed E-state index contributed by atoms with van der Waals surface area (Å²) < 4.78 is 12.5. The van der Waals surface area contributed by atoms with Crippen molar-refractivity contribution in [3.63, 3.8) is 0 Å². The molecule has 0 radical (unpaired) electrons. The number of hydrogen-bond donors (Lipinski definition) is 0. The van der Waals surface area contributed by atoms with E-state index in [1.54, 1.807) is 18.2 Å². The molecule has 0 unspecified atom stereocenters. The van der Waals surface area contributed by atoms with Crippen molar-refractivity contribution in [3.05, 3.63) is 34.3 Å². The summed E-state index contributed by atoms with van der Waals surface area (Å²) in [6.07, 6.45) is 0.185. The number of benzene rings is 1. The molecule has 0 amide bonds. The third-order valence-corrected chi connectivity index (χ3v) is 2.86. The highest BCUT2D eigenvalue weighted by Gasteiger charge is 2.10. The Hall–Kier alpha value is -0.410. The van der Waals surface area contributed by atoms with Gasteiger partial charge in [-0.25, -0.2) is 4.39 Å². The van der Waals surface area contributed by atoms with Crippen LogP contribution in [0.1, 0.15) is 11.1 Å². The van der Waals surface area contributed by atoms with Gasteiger partial charge in [0.15, 0.2) is 0 Å². The number of ketones is 1. The van der Waals surface area contributed by atoms with E-state index in [1.165, 1.54) is 0 Å².